The quantitative estimate of drug-likeness (QED) is 0.453. The van der Waals surface area contributed by atoms with Crippen LogP contribution in [0.3, 0.4) is 0 Å². The lowest BCUT2D eigenvalue weighted by Gasteiger charge is -2.13. The molecule has 0 saturated carbocycles. The third kappa shape index (κ3) is 3.74. The Kier molecular flexibility index (Phi) is 5.19. The van der Waals surface area contributed by atoms with Crippen LogP contribution in [0.4, 0.5) is 0 Å². The SMILES string of the molecule is Cc1ccccc1SCC(=O)OCCN1C(=O)c2ccccc2C1=O. The Morgan fingerprint density at radius 2 is 1.60 bits per heavy atom. The summed E-state index contributed by atoms with van der Waals surface area (Å²) in [5.41, 5.74) is 1.90. The summed E-state index contributed by atoms with van der Waals surface area (Å²) in [6.07, 6.45) is 0. The van der Waals surface area contributed by atoms with Crippen molar-refractivity contribution in [2.45, 2.75) is 11.8 Å². The maximum absolute atomic E-state index is 12.2. The third-order valence-corrected chi connectivity index (χ3v) is 5.04. The Balaban J connectivity index is 1.47. The molecule has 2 amide bonds. The Morgan fingerprint density at radius 3 is 2.24 bits per heavy atom. The number of aryl methyl sites for hydroxylation is 1. The number of fused-ring (bicyclic) bond motifs is 1. The fourth-order valence-electron chi connectivity index (χ4n) is 2.59. The van der Waals surface area contributed by atoms with Gasteiger partial charge >= 0.3 is 5.97 Å². The van der Waals surface area contributed by atoms with E-state index in [0.717, 1.165) is 15.4 Å². The number of rotatable bonds is 6. The second kappa shape index (κ2) is 7.53. The van der Waals surface area contributed by atoms with E-state index in [1.807, 2.05) is 31.2 Å². The molecule has 0 fully saturated rings. The number of esters is 1. The van der Waals surface area contributed by atoms with Crippen molar-refractivity contribution in [2.24, 2.45) is 0 Å². The maximum atomic E-state index is 12.2. The molecule has 128 valence electrons. The van der Waals surface area contributed by atoms with Gasteiger partial charge in [-0.15, -0.1) is 11.8 Å². The zero-order chi connectivity index (χ0) is 17.8. The predicted molar refractivity (Wildman–Crippen MR) is 94.7 cm³/mol. The van der Waals surface area contributed by atoms with Crippen molar-refractivity contribution in [3.63, 3.8) is 0 Å². The van der Waals surface area contributed by atoms with E-state index in [-0.39, 0.29) is 36.7 Å². The number of hydrogen-bond donors (Lipinski definition) is 0. The number of carbonyl (C=O) groups excluding carboxylic acids is 3. The van der Waals surface area contributed by atoms with Crippen LogP contribution < -0.4 is 0 Å². The lowest BCUT2D eigenvalue weighted by Crippen LogP contribution is -2.33. The van der Waals surface area contributed by atoms with Crippen LogP contribution in [0.5, 0.6) is 0 Å². The fraction of sp³-hybridized carbons (Fsp3) is 0.211. The lowest BCUT2D eigenvalue weighted by molar-refractivity contribution is -0.140. The Labute approximate surface area is 150 Å². The molecule has 0 bridgehead atoms. The van der Waals surface area contributed by atoms with Gasteiger partial charge in [-0.3, -0.25) is 19.3 Å². The van der Waals surface area contributed by atoms with Gasteiger partial charge in [-0.25, -0.2) is 0 Å². The van der Waals surface area contributed by atoms with E-state index >= 15 is 0 Å². The molecule has 25 heavy (non-hydrogen) atoms. The monoisotopic (exact) mass is 355 g/mol. The van der Waals surface area contributed by atoms with E-state index in [0.29, 0.717) is 11.1 Å². The summed E-state index contributed by atoms with van der Waals surface area (Å²) in [7, 11) is 0. The van der Waals surface area contributed by atoms with E-state index in [1.54, 1.807) is 24.3 Å². The van der Waals surface area contributed by atoms with Gasteiger partial charge in [0.05, 0.1) is 23.4 Å². The normalized spacial score (nSPS) is 13.1. The Hall–Kier alpha value is -2.60. The molecule has 0 aliphatic carbocycles. The highest BCUT2D eigenvalue weighted by Gasteiger charge is 2.34. The molecule has 0 unspecified atom stereocenters. The average Bonchev–Trinajstić information content (AvgIpc) is 2.86. The van der Waals surface area contributed by atoms with Crippen LogP contribution >= 0.6 is 11.8 Å². The van der Waals surface area contributed by atoms with Crippen molar-refractivity contribution < 1.29 is 19.1 Å². The highest BCUT2D eigenvalue weighted by molar-refractivity contribution is 8.00. The first kappa shape index (κ1) is 17.2. The number of benzene rings is 2. The summed E-state index contributed by atoms with van der Waals surface area (Å²) in [4.78, 5) is 38.4. The first-order valence-corrected chi connectivity index (χ1v) is 8.86. The minimum Gasteiger partial charge on any atom is -0.463 e. The van der Waals surface area contributed by atoms with Gasteiger partial charge in [0.1, 0.15) is 6.61 Å². The Bertz CT molecular complexity index is 799. The molecule has 5 nitrogen and oxygen atoms in total. The van der Waals surface area contributed by atoms with Gasteiger partial charge in [0.2, 0.25) is 0 Å². The number of thioether (sulfide) groups is 1. The molecular weight excluding hydrogens is 338 g/mol. The fourth-order valence-corrected chi connectivity index (χ4v) is 3.42. The molecule has 2 aromatic rings. The zero-order valence-electron chi connectivity index (χ0n) is 13.7. The van der Waals surface area contributed by atoms with Crippen LogP contribution in [0.15, 0.2) is 53.4 Å². The van der Waals surface area contributed by atoms with E-state index < -0.39 is 0 Å². The smallest absolute Gasteiger partial charge is 0.316 e. The van der Waals surface area contributed by atoms with Crippen LogP contribution in [-0.4, -0.2) is 41.6 Å². The van der Waals surface area contributed by atoms with Gasteiger partial charge in [0.15, 0.2) is 0 Å². The molecule has 1 aliphatic heterocycles. The minimum absolute atomic E-state index is 0.00136. The predicted octanol–water partition coefficient (Wildman–Crippen LogP) is 2.93. The molecule has 0 N–H and O–H groups in total. The summed E-state index contributed by atoms with van der Waals surface area (Å²) in [5, 5.41) is 0. The first-order valence-electron chi connectivity index (χ1n) is 7.87. The van der Waals surface area contributed by atoms with E-state index in [1.165, 1.54) is 11.8 Å². The number of imide groups is 1. The van der Waals surface area contributed by atoms with Crippen LogP contribution in [-0.2, 0) is 9.53 Å². The van der Waals surface area contributed by atoms with Gasteiger partial charge in [-0.1, -0.05) is 30.3 Å². The highest BCUT2D eigenvalue weighted by atomic mass is 32.2. The minimum atomic E-state index is -0.370. The second-order valence-electron chi connectivity index (χ2n) is 5.58. The molecule has 1 heterocycles. The van der Waals surface area contributed by atoms with Gasteiger partial charge in [0, 0.05) is 4.90 Å². The van der Waals surface area contributed by atoms with Crippen LogP contribution in [0.25, 0.3) is 0 Å². The summed E-state index contributed by atoms with van der Waals surface area (Å²) >= 11 is 1.41. The molecular formula is C19H17NO4S. The number of hydrogen-bond acceptors (Lipinski definition) is 5. The van der Waals surface area contributed by atoms with Crippen molar-refractivity contribution in [3.05, 3.63) is 65.2 Å². The van der Waals surface area contributed by atoms with Gasteiger partial charge in [-0.05, 0) is 30.7 Å². The van der Waals surface area contributed by atoms with Crippen LogP contribution in [0.2, 0.25) is 0 Å². The van der Waals surface area contributed by atoms with Crippen molar-refractivity contribution in [1.29, 1.82) is 0 Å². The molecule has 0 spiro atoms. The second-order valence-corrected chi connectivity index (χ2v) is 6.60. The van der Waals surface area contributed by atoms with Gasteiger partial charge in [0.25, 0.3) is 11.8 Å². The standard InChI is InChI=1S/C19H17NO4S/c1-13-6-2-5-9-16(13)25-12-17(21)24-11-10-20-18(22)14-7-3-4-8-15(14)19(20)23/h2-9H,10-12H2,1H3. The van der Waals surface area contributed by atoms with Gasteiger partial charge < -0.3 is 4.74 Å². The molecule has 3 rings (SSSR count). The molecule has 6 heteroatoms. The number of amides is 2. The average molecular weight is 355 g/mol. The Morgan fingerprint density at radius 1 is 1.00 bits per heavy atom. The largest absolute Gasteiger partial charge is 0.463 e. The molecule has 0 saturated heterocycles. The number of carbonyl (C=O) groups is 3. The lowest BCUT2D eigenvalue weighted by atomic mass is 10.1. The van der Waals surface area contributed by atoms with Crippen LogP contribution in [0.1, 0.15) is 26.3 Å². The highest BCUT2D eigenvalue weighted by Crippen LogP contribution is 2.23. The van der Waals surface area contributed by atoms with Crippen molar-refractivity contribution in [1.82, 2.24) is 4.90 Å². The molecule has 1 aliphatic rings. The summed E-state index contributed by atoms with van der Waals surface area (Å²) in [6.45, 7) is 2.04. The molecule has 0 atom stereocenters. The molecule has 0 radical (unpaired) electrons. The topological polar surface area (TPSA) is 63.7 Å². The number of ether oxygens (including phenoxy) is 1. The third-order valence-electron chi connectivity index (χ3n) is 3.90. The van der Waals surface area contributed by atoms with Crippen molar-refractivity contribution in [3.8, 4) is 0 Å². The summed E-state index contributed by atoms with van der Waals surface area (Å²) < 4.78 is 5.16. The molecule has 0 aromatic heterocycles. The maximum Gasteiger partial charge on any atom is 0.316 e. The van der Waals surface area contributed by atoms with Crippen LogP contribution in [0, 0.1) is 6.92 Å². The van der Waals surface area contributed by atoms with E-state index in [4.69, 9.17) is 4.74 Å². The number of nitrogens with zero attached hydrogens (tertiary/aromatic N) is 1. The zero-order valence-corrected chi connectivity index (χ0v) is 14.5. The van der Waals surface area contributed by atoms with E-state index in [2.05, 4.69) is 0 Å². The van der Waals surface area contributed by atoms with Crippen molar-refractivity contribution in [2.75, 3.05) is 18.9 Å². The van der Waals surface area contributed by atoms with Gasteiger partial charge in [-0.2, -0.15) is 0 Å². The summed E-state index contributed by atoms with van der Waals surface area (Å²) in [5.74, 6) is -0.866. The molecule has 2 aromatic carbocycles. The van der Waals surface area contributed by atoms with Crippen molar-refractivity contribution >= 4 is 29.5 Å². The summed E-state index contributed by atoms with van der Waals surface area (Å²) in [6, 6.07) is 14.5. The van der Waals surface area contributed by atoms with E-state index in [9.17, 15) is 14.4 Å². The first-order chi connectivity index (χ1) is 12.1.